The zero-order valence-electron chi connectivity index (χ0n) is 11.4. The van der Waals surface area contributed by atoms with Crippen LogP contribution >= 0.6 is 22.7 Å². The van der Waals surface area contributed by atoms with Gasteiger partial charge in [-0.3, -0.25) is 0 Å². The molecule has 0 aliphatic carbocycles. The zero-order chi connectivity index (χ0) is 15.5. The van der Waals surface area contributed by atoms with Crippen LogP contribution in [0.4, 0.5) is 0 Å². The molecule has 0 saturated carbocycles. The number of thiophene rings is 1. The van der Waals surface area contributed by atoms with E-state index in [1.54, 1.807) is 16.7 Å². The number of hydrogen-bond acceptors (Lipinski definition) is 7. The van der Waals surface area contributed by atoms with E-state index in [4.69, 9.17) is 0 Å². The van der Waals surface area contributed by atoms with Crippen molar-refractivity contribution in [2.45, 2.75) is 12.7 Å². The summed E-state index contributed by atoms with van der Waals surface area (Å²) in [6, 6.07) is 3.84. The van der Waals surface area contributed by atoms with E-state index in [2.05, 4.69) is 4.98 Å². The lowest BCUT2D eigenvalue weighted by molar-refractivity contribution is 0.587. The Bertz CT molecular complexity index is 788. The predicted octanol–water partition coefficient (Wildman–Crippen LogP) is 2.22. The lowest BCUT2D eigenvalue weighted by Gasteiger charge is -2.02. The fraction of sp³-hybridized carbons (Fsp3) is 0.417. The van der Waals surface area contributed by atoms with Gasteiger partial charge in [-0.1, -0.05) is 13.0 Å². The van der Waals surface area contributed by atoms with Crippen LogP contribution in [0.2, 0.25) is 0 Å². The van der Waals surface area contributed by atoms with Crippen molar-refractivity contribution in [3.63, 3.8) is 0 Å². The molecule has 0 amide bonds. The first-order chi connectivity index (χ1) is 9.81. The molecule has 116 valence electrons. The van der Waals surface area contributed by atoms with Gasteiger partial charge in [0.1, 0.15) is 5.01 Å². The van der Waals surface area contributed by atoms with Gasteiger partial charge in [-0.25, -0.2) is 21.8 Å². The van der Waals surface area contributed by atoms with Gasteiger partial charge in [0, 0.05) is 11.1 Å². The molecule has 2 aromatic heterocycles. The average molecular weight is 366 g/mol. The summed E-state index contributed by atoms with van der Waals surface area (Å²) in [5, 5.41) is 4.43. The summed E-state index contributed by atoms with van der Waals surface area (Å²) in [6.07, 6.45) is 0. The summed E-state index contributed by atoms with van der Waals surface area (Å²) in [5.41, 5.74) is 0.470. The van der Waals surface area contributed by atoms with E-state index in [1.165, 1.54) is 18.3 Å². The van der Waals surface area contributed by atoms with Crippen molar-refractivity contribution >= 4 is 42.3 Å². The fourth-order valence-electron chi connectivity index (χ4n) is 1.58. The molecule has 5 nitrogen and oxygen atoms in total. The van der Waals surface area contributed by atoms with Gasteiger partial charge in [-0.05, 0) is 11.4 Å². The molecule has 0 saturated heterocycles. The van der Waals surface area contributed by atoms with Crippen molar-refractivity contribution in [3.8, 4) is 9.88 Å². The number of sulfone groups is 2. The van der Waals surface area contributed by atoms with Crippen LogP contribution in [0.3, 0.4) is 0 Å². The van der Waals surface area contributed by atoms with Gasteiger partial charge in [0.2, 0.25) is 0 Å². The Morgan fingerprint density at radius 3 is 2.43 bits per heavy atom. The quantitative estimate of drug-likeness (QED) is 0.751. The third-order valence-corrected chi connectivity index (χ3v) is 8.25. The highest BCUT2D eigenvalue weighted by atomic mass is 32.2. The number of hydrogen-bond donors (Lipinski definition) is 0. The van der Waals surface area contributed by atoms with Crippen LogP contribution in [-0.4, -0.2) is 39.1 Å². The van der Waals surface area contributed by atoms with Crippen molar-refractivity contribution in [3.05, 3.63) is 28.6 Å². The molecule has 9 heteroatoms. The molecule has 2 heterocycles. The van der Waals surface area contributed by atoms with Crippen molar-refractivity contribution in [1.82, 2.24) is 4.98 Å². The van der Waals surface area contributed by atoms with E-state index in [9.17, 15) is 16.8 Å². The van der Waals surface area contributed by atoms with Crippen LogP contribution in [0.15, 0.2) is 22.9 Å². The molecule has 0 fully saturated rings. The third-order valence-electron chi connectivity index (χ3n) is 2.80. The molecule has 0 radical (unpaired) electrons. The Morgan fingerprint density at radius 1 is 1.10 bits per heavy atom. The van der Waals surface area contributed by atoms with Crippen LogP contribution < -0.4 is 0 Å². The van der Waals surface area contributed by atoms with Crippen LogP contribution in [0.25, 0.3) is 9.88 Å². The first kappa shape index (κ1) is 16.6. The lowest BCUT2D eigenvalue weighted by Crippen LogP contribution is -2.19. The molecule has 21 heavy (non-hydrogen) atoms. The highest BCUT2D eigenvalue weighted by molar-refractivity contribution is 7.94. The summed E-state index contributed by atoms with van der Waals surface area (Å²) in [5.74, 6) is -0.932. The van der Waals surface area contributed by atoms with Crippen molar-refractivity contribution in [2.24, 2.45) is 0 Å². The molecular formula is C12H15NO4S4. The smallest absolute Gasteiger partial charge is 0.157 e. The second-order valence-electron chi connectivity index (χ2n) is 4.45. The molecule has 0 bridgehead atoms. The monoisotopic (exact) mass is 365 g/mol. The maximum absolute atomic E-state index is 12.0. The normalized spacial score (nSPS) is 12.6. The first-order valence-electron chi connectivity index (χ1n) is 6.20. The zero-order valence-corrected chi connectivity index (χ0v) is 14.6. The Balaban J connectivity index is 2.04. The minimum Gasteiger partial charge on any atom is -0.239 e. The molecule has 2 rings (SSSR count). The van der Waals surface area contributed by atoms with Crippen LogP contribution in [0.5, 0.6) is 0 Å². The van der Waals surface area contributed by atoms with Gasteiger partial charge in [-0.2, -0.15) is 0 Å². The molecule has 0 spiro atoms. The van der Waals surface area contributed by atoms with Gasteiger partial charge >= 0.3 is 0 Å². The molecule has 0 atom stereocenters. The summed E-state index contributed by atoms with van der Waals surface area (Å²) >= 11 is 2.94. The molecule has 0 aromatic carbocycles. The Kier molecular flexibility index (Phi) is 5.18. The first-order valence-corrected chi connectivity index (χ1v) is 11.6. The lowest BCUT2D eigenvalue weighted by atomic mass is 10.5. The third kappa shape index (κ3) is 4.87. The highest BCUT2D eigenvalue weighted by Gasteiger charge is 2.19. The van der Waals surface area contributed by atoms with E-state index >= 15 is 0 Å². The summed E-state index contributed by atoms with van der Waals surface area (Å²) in [6.45, 7) is 1.51. The average Bonchev–Trinajstić information content (AvgIpc) is 3.07. The molecule has 0 unspecified atom stereocenters. The van der Waals surface area contributed by atoms with Crippen molar-refractivity contribution in [1.29, 1.82) is 0 Å². The number of aromatic nitrogens is 1. The molecule has 0 N–H and O–H groups in total. The maximum Gasteiger partial charge on any atom is 0.157 e. The second kappa shape index (κ2) is 6.55. The van der Waals surface area contributed by atoms with Gasteiger partial charge in [0.05, 0.1) is 27.8 Å². The second-order valence-corrected chi connectivity index (χ2v) is 10.9. The van der Waals surface area contributed by atoms with Crippen LogP contribution in [-0.2, 0) is 25.4 Å². The Morgan fingerprint density at radius 2 is 1.81 bits per heavy atom. The number of thiazole rings is 1. The summed E-state index contributed by atoms with van der Waals surface area (Å²) < 4.78 is 46.7. The van der Waals surface area contributed by atoms with Crippen LogP contribution in [0, 0.1) is 0 Å². The molecular weight excluding hydrogens is 350 g/mol. The molecule has 0 aliphatic heterocycles. The highest BCUT2D eigenvalue weighted by Crippen LogP contribution is 2.28. The Hall–Kier alpha value is -0.770. The summed E-state index contributed by atoms with van der Waals surface area (Å²) in [7, 11) is -6.74. The topological polar surface area (TPSA) is 81.2 Å². The summed E-state index contributed by atoms with van der Waals surface area (Å²) in [4.78, 5) is 5.30. The maximum atomic E-state index is 12.0. The molecule has 0 aliphatic rings. The van der Waals surface area contributed by atoms with Gasteiger partial charge in [0.25, 0.3) is 0 Å². The van der Waals surface area contributed by atoms with E-state index in [0.717, 1.165) is 9.88 Å². The molecule has 2 aromatic rings. The largest absolute Gasteiger partial charge is 0.239 e. The van der Waals surface area contributed by atoms with E-state index < -0.39 is 19.7 Å². The number of rotatable bonds is 7. The fourth-order valence-corrected chi connectivity index (χ4v) is 6.38. The predicted molar refractivity (Wildman–Crippen MR) is 87.2 cm³/mol. The minimum atomic E-state index is -3.46. The van der Waals surface area contributed by atoms with Gasteiger partial charge < -0.3 is 0 Å². The Labute approximate surface area is 132 Å². The van der Waals surface area contributed by atoms with E-state index in [1.807, 2.05) is 17.5 Å². The van der Waals surface area contributed by atoms with Crippen LogP contribution in [0.1, 0.15) is 12.6 Å². The standard InChI is InChI=1S/C12H15NO4S4/c1-2-20(14,15)6-7-21(16,17)9-10-8-19-12(13-10)11-4-3-5-18-11/h3-5,8H,2,6-7,9H2,1H3. The van der Waals surface area contributed by atoms with E-state index in [-0.39, 0.29) is 23.0 Å². The van der Waals surface area contributed by atoms with Gasteiger partial charge in [0.15, 0.2) is 19.7 Å². The van der Waals surface area contributed by atoms with Crippen molar-refractivity contribution < 1.29 is 16.8 Å². The number of nitrogens with zero attached hydrogens (tertiary/aromatic N) is 1. The SMILES string of the molecule is CCS(=O)(=O)CCS(=O)(=O)Cc1csc(-c2cccs2)n1. The van der Waals surface area contributed by atoms with E-state index in [0.29, 0.717) is 5.69 Å². The van der Waals surface area contributed by atoms with Gasteiger partial charge in [-0.15, -0.1) is 22.7 Å². The van der Waals surface area contributed by atoms with Crippen molar-refractivity contribution in [2.75, 3.05) is 17.3 Å². The minimum absolute atomic E-state index is 0.0399.